The topological polar surface area (TPSA) is 60.9 Å². The number of hydrogen-bond acceptors (Lipinski definition) is 4. The van der Waals surface area contributed by atoms with Gasteiger partial charge in [-0.05, 0) is 24.3 Å². The highest BCUT2D eigenvalue weighted by Gasteiger charge is 2.17. The molecule has 1 heterocycles. The number of benzene rings is 1. The van der Waals surface area contributed by atoms with Gasteiger partial charge in [0.1, 0.15) is 6.29 Å². The number of carbonyl (C=O) groups excluding carboxylic acids is 1. The number of piperazine rings is 1. The van der Waals surface area contributed by atoms with Crippen LogP contribution in [0, 0.1) is 0 Å². The Hall–Kier alpha value is -1.88. The van der Waals surface area contributed by atoms with Crippen LogP contribution in [0.25, 0.3) is 0 Å². The maximum absolute atomic E-state index is 10.6. The number of carbonyl (C=O) groups is 2. The van der Waals surface area contributed by atoms with E-state index in [4.69, 9.17) is 5.11 Å². The Kier molecular flexibility index (Phi) is 4.52. The smallest absolute Gasteiger partial charge is 0.304 e. The highest BCUT2D eigenvalue weighted by molar-refractivity contribution is 5.75. The van der Waals surface area contributed by atoms with Crippen molar-refractivity contribution in [2.45, 2.75) is 6.42 Å². The average Bonchev–Trinajstić information content (AvgIpc) is 2.46. The van der Waals surface area contributed by atoms with Gasteiger partial charge in [-0.15, -0.1) is 0 Å². The summed E-state index contributed by atoms with van der Waals surface area (Å²) in [5.41, 5.74) is 1.80. The fourth-order valence-corrected chi connectivity index (χ4v) is 2.25. The Labute approximate surface area is 112 Å². The molecule has 102 valence electrons. The van der Waals surface area contributed by atoms with Gasteiger partial charge in [-0.1, -0.05) is 0 Å². The molecule has 19 heavy (non-hydrogen) atoms. The Balaban J connectivity index is 1.85. The van der Waals surface area contributed by atoms with Crippen molar-refractivity contribution in [1.29, 1.82) is 0 Å². The van der Waals surface area contributed by atoms with Crippen molar-refractivity contribution in [2.24, 2.45) is 0 Å². The summed E-state index contributed by atoms with van der Waals surface area (Å²) < 4.78 is 0. The second kappa shape index (κ2) is 6.33. The minimum Gasteiger partial charge on any atom is -0.481 e. The van der Waals surface area contributed by atoms with Crippen LogP contribution in [-0.4, -0.2) is 55.0 Å². The highest BCUT2D eigenvalue weighted by atomic mass is 16.4. The first kappa shape index (κ1) is 13.5. The fourth-order valence-electron chi connectivity index (χ4n) is 2.25. The summed E-state index contributed by atoms with van der Waals surface area (Å²) in [5.74, 6) is -0.744. The maximum Gasteiger partial charge on any atom is 0.304 e. The van der Waals surface area contributed by atoms with Crippen LogP contribution in [0.4, 0.5) is 5.69 Å². The molecule has 1 N–H and O–H groups in total. The molecule has 0 spiro atoms. The largest absolute Gasteiger partial charge is 0.481 e. The Morgan fingerprint density at radius 2 is 1.79 bits per heavy atom. The number of carboxylic acids is 1. The summed E-state index contributed by atoms with van der Waals surface area (Å²) in [4.78, 5) is 25.5. The molecule has 0 atom stereocenters. The van der Waals surface area contributed by atoms with Gasteiger partial charge in [0.25, 0.3) is 0 Å². The molecule has 0 amide bonds. The standard InChI is InChI=1S/C14H18N2O3/c17-11-12-1-3-13(4-2-12)16-9-7-15(8-10-16)6-5-14(18)19/h1-4,11H,5-10H2,(H,18,19). The third kappa shape index (κ3) is 3.79. The molecule has 1 saturated heterocycles. The predicted molar refractivity (Wildman–Crippen MR) is 72.7 cm³/mol. The second-order valence-corrected chi connectivity index (χ2v) is 4.68. The van der Waals surface area contributed by atoms with Gasteiger partial charge >= 0.3 is 5.97 Å². The molecule has 0 radical (unpaired) electrons. The lowest BCUT2D eigenvalue weighted by Crippen LogP contribution is -2.46. The molecule has 1 aliphatic rings. The van der Waals surface area contributed by atoms with Crippen molar-refractivity contribution in [2.75, 3.05) is 37.6 Å². The summed E-state index contributed by atoms with van der Waals surface area (Å²) >= 11 is 0. The molecule has 1 aliphatic heterocycles. The molecule has 0 aliphatic carbocycles. The van der Waals surface area contributed by atoms with Crippen LogP contribution in [-0.2, 0) is 4.79 Å². The van der Waals surface area contributed by atoms with Gasteiger partial charge in [0.15, 0.2) is 0 Å². The van der Waals surface area contributed by atoms with Crippen LogP contribution >= 0.6 is 0 Å². The first-order valence-corrected chi connectivity index (χ1v) is 6.43. The number of rotatable bonds is 5. The van der Waals surface area contributed by atoms with E-state index in [0.29, 0.717) is 12.1 Å². The number of carboxylic acid groups (broad SMARTS) is 1. The van der Waals surface area contributed by atoms with Crippen LogP contribution in [0.15, 0.2) is 24.3 Å². The summed E-state index contributed by atoms with van der Waals surface area (Å²) in [6.45, 7) is 4.15. The monoisotopic (exact) mass is 262 g/mol. The number of anilines is 1. The van der Waals surface area contributed by atoms with E-state index in [1.165, 1.54) is 0 Å². The van der Waals surface area contributed by atoms with Crippen molar-refractivity contribution in [1.82, 2.24) is 4.90 Å². The van der Waals surface area contributed by atoms with Gasteiger partial charge in [-0.3, -0.25) is 14.5 Å². The lowest BCUT2D eigenvalue weighted by atomic mass is 10.2. The molecule has 1 aromatic rings. The third-order valence-electron chi connectivity index (χ3n) is 3.41. The van der Waals surface area contributed by atoms with E-state index in [1.807, 2.05) is 24.3 Å². The number of aldehydes is 1. The molecular formula is C14H18N2O3. The molecule has 2 rings (SSSR count). The van der Waals surface area contributed by atoms with Gasteiger partial charge in [-0.2, -0.15) is 0 Å². The molecule has 0 unspecified atom stereocenters. The minimum atomic E-state index is -0.744. The Morgan fingerprint density at radius 3 is 2.32 bits per heavy atom. The van der Waals surface area contributed by atoms with Crippen molar-refractivity contribution < 1.29 is 14.7 Å². The van der Waals surface area contributed by atoms with Crippen LogP contribution in [0.2, 0.25) is 0 Å². The summed E-state index contributed by atoms with van der Waals surface area (Å²) in [6.07, 6.45) is 1.04. The maximum atomic E-state index is 10.6. The van der Waals surface area contributed by atoms with Crippen LogP contribution in [0.3, 0.4) is 0 Å². The van der Waals surface area contributed by atoms with E-state index in [2.05, 4.69) is 9.80 Å². The van der Waals surface area contributed by atoms with Gasteiger partial charge in [0, 0.05) is 44.0 Å². The summed E-state index contributed by atoms with van der Waals surface area (Å²) in [7, 11) is 0. The lowest BCUT2D eigenvalue weighted by molar-refractivity contribution is -0.137. The zero-order chi connectivity index (χ0) is 13.7. The van der Waals surface area contributed by atoms with E-state index in [0.717, 1.165) is 38.2 Å². The minimum absolute atomic E-state index is 0.202. The van der Waals surface area contributed by atoms with Crippen molar-refractivity contribution >= 4 is 17.9 Å². The highest BCUT2D eigenvalue weighted by Crippen LogP contribution is 2.16. The summed E-state index contributed by atoms with van der Waals surface area (Å²) in [6, 6.07) is 7.55. The van der Waals surface area contributed by atoms with E-state index in [9.17, 15) is 9.59 Å². The zero-order valence-corrected chi connectivity index (χ0v) is 10.8. The Bertz CT molecular complexity index is 437. The van der Waals surface area contributed by atoms with Crippen molar-refractivity contribution in [3.8, 4) is 0 Å². The van der Waals surface area contributed by atoms with Crippen LogP contribution in [0.1, 0.15) is 16.8 Å². The van der Waals surface area contributed by atoms with E-state index in [-0.39, 0.29) is 6.42 Å². The molecule has 5 heteroatoms. The number of aliphatic carboxylic acids is 1. The molecule has 0 saturated carbocycles. The van der Waals surface area contributed by atoms with Crippen molar-refractivity contribution in [3.63, 3.8) is 0 Å². The molecule has 5 nitrogen and oxygen atoms in total. The molecular weight excluding hydrogens is 244 g/mol. The molecule has 1 aromatic carbocycles. The normalized spacial score (nSPS) is 16.3. The molecule has 0 aromatic heterocycles. The fraction of sp³-hybridized carbons (Fsp3) is 0.429. The van der Waals surface area contributed by atoms with Crippen molar-refractivity contribution in [3.05, 3.63) is 29.8 Å². The second-order valence-electron chi connectivity index (χ2n) is 4.68. The van der Waals surface area contributed by atoms with Gasteiger partial charge in [0.2, 0.25) is 0 Å². The molecule has 1 fully saturated rings. The van der Waals surface area contributed by atoms with Gasteiger partial charge in [0.05, 0.1) is 6.42 Å². The van der Waals surface area contributed by atoms with Gasteiger partial charge in [-0.25, -0.2) is 0 Å². The zero-order valence-electron chi connectivity index (χ0n) is 10.8. The summed E-state index contributed by atoms with van der Waals surface area (Å²) in [5, 5.41) is 8.66. The molecule has 0 bridgehead atoms. The van der Waals surface area contributed by atoms with E-state index in [1.54, 1.807) is 0 Å². The first-order chi connectivity index (χ1) is 9.19. The predicted octanol–water partition coefficient (Wildman–Crippen LogP) is 1.10. The average molecular weight is 262 g/mol. The quantitative estimate of drug-likeness (QED) is 0.805. The first-order valence-electron chi connectivity index (χ1n) is 6.43. The van der Waals surface area contributed by atoms with E-state index >= 15 is 0 Å². The number of nitrogens with zero attached hydrogens (tertiary/aromatic N) is 2. The SMILES string of the molecule is O=Cc1ccc(N2CCN(CCC(=O)O)CC2)cc1. The number of hydrogen-bond donors (Lipinski definition) is 1. The Morgan fingerprint density at radius 1 is 1.16 bits per heavy atom. The third-order valence-corrected chi connectivity index (χ3v) is 3.41. The van der Waals surface area contributed by atoms with Crippen LogP contribution < -0.4 is 4.90 Å². The van der Waals surface area contributed by atoms with Gasteiger partial charge < -0.3 is 10.0 Å². The lowest BCUT2D eigenvalue weighted by Gasteiger charge is -2.35. The van der Waals surface area contributed by atoms with E-state index < -0.39 is 5.97 Å². The van der Waals surface area contributed by atoms with Crippen LogP contribution in [0.5, 0.6) is 0 Å².